The van der Waals surface area contributed by atoms with Crippen LogP contribution >= 0.6 is 15.9 Å². The second kappa shape index (κ2) is 7.22. The molecule has 1 heterocycles. The fourth-order valence-electron chi connectivity index (χ4n) is 1.86. The van der Waals surface area contributed by atoms with Crippen molar-refractivity contribution in [3.05, 3.63) is 64.3 Å². The molecule has 5 heteroatoms. The van der Waals surface area contributed by atoms with E-state index in [9.17, 15) is 9.18 Å². The number of rotatable bonds is 5. The summed E-state index contributed by atoms with van der Waals surface area (Å²) >= 11 is 3.31. The second-order valence-corrected chi connectivity index (χ2v) is 5.35. The summed E-state index contributed by atoms with van der Waals surface area (Å²) in [5.41, 5.74) is 0.478. The maximum absolute atomic E-state index is 13.7. The Labute approximate surface area is 131 Å². The van der Waals surface area contributed by atoms with Crippen LogP contribution in [-0.4, -0.2) is 17.4 Å². The zero-order valence-electron chi connectivity index (χ0n) is 11.6. The van der Waals surface area contributed by atoms with Crippen molar-refractivity contribution in [1.29, 1.82) is 0 Å². The van der Waals surface area contributed by atoms with Crippen LogP contribution < -0.4 is 0 Å². The molecule has 0 bridgehead atoms. The predicted molar refractivity (Wildman–Crippen MR) is 82.9 cm³/mol. The van der Waals surface area contributed by atoms with Crippen LogP contribution in [-0.2, 0) is 11.3 Å². The summed E-state index contributed by atoms with van der Waals surface area (Å²) in [6.07, 6.45) is 4.57. The Bertz CT molecular complexity index is 638. The smallest absolute Gasteiger partial charge is 0.246 e. The molecular formula is C16H15BrFNO2. The van der Waals surface area contributed by atoms with Gasteiger partial charge in [0.15, 0.2) is 0 Å². The van der Waals surface area contributed by atoms with Crippen LogP contribution in [0.1, 0.15) is 18.2 Å². The number of carbonyl (C=O) groups excluding carboxylic acids is 1. The predicted octanol–water partition coefficient (Wildman–Crippen LogP) is 4.24. The Morgan fingerprint density at radius 2 is 2.24 bits per heavy atom. The summed E-state index contributed by atoms with van der Waals surface area (Å²) in [5.74, 6) is 0.0979. The molecule has 0 radical (unpaired) electrons. The summed E-state index contributed by atoms with van der Waals surface area (Å²) in [6, 6.07) is 8.21. The van der Waals surface area contributed by atoms with Crippen LogP contribution in [0.15, 0.2) is 51.6 Å². The molecule has 1 aromatic carbocycles. The molecule has 0 saturated heterocycles. The van der Waals surface area contributed by atoms with Gasteiger partial charge in [-0.25, -0.2) is 4.39 Å². The summed E-state index contributed by atoms with van der Waals surface area (Å²) < 4.78 is 19.7. The van der Waals surface area contributed by atoms with Crippen LogP contribution in [0.2, 0.25) is 0 Å². The van der Waals surface area contributed by atoms with Crippen molar-refractivity contribution in [3.63, 3.8) is 0 Å². The van der Waals surface area contributed by atoms with Crippen molar-refractivity contribution in [2.45, 2.75) is 13.5 Å². The van der Waals surface area contributed by atoms with Gasteiger partial charge in [-0.15, -0.1) is 0 Å². The molecule has 2 rings (SSSR count). The second-order valence-electron chi connectivity index (χ2n) is 4.44. The molecule has 110 valence electrons. The molecule has 3 nitrogen and oxygen atoms in total. The molecule has 0 saturated carbocycles. The SMILES string of the molecule is CCN(Cc1cc(Br)ccc1F)C(=O)/C=C\c1ccco1. The number of amides is 1. The molecule has 2 aromatic rings. The van der Waals surface area contributed by atoms with Crippen LogP contribution in [0.5, 0.6) is 0 Å². The average molecular weight is 352 g/mol. The van der Waals surface area contributed by atoms with E-state index in [1.165, 1.54) is 12.1 Å². The van der Waals surface area contributed by atoms with Crippen LogP contribution in [0.25, 0.3) is 6.08 Å². The Hall–Kier alpha value is -1.88. The Balaban J connectivity index is 2.08. The zero-order valence-corrected chi connectivity index (χ0v) is 13.1. The number of hydrogen-bond donors (Lipinski definition) is 0. The van der Waals surface area contributed by atoms with Gasteiger partial charge < -0.3 is 9.32 Å². The lowest BCUT2D eigenvalue weighted by molar-refractivity contribution is -0.126. The van der Waals surface area contributed by atoms with Crippen molar-refractivity contribution < 1.29 is 13.6 Å². The first kappa shape index (κ1) is 15.5. The quantitative estimate of drug-likeness (QED) is 0.754. The number of nitrogens with zero attached hydrogens (tertiary/aromatic N) is 1. The molecule has 0 unspecified atom stereocenters. The van der Waals surface area contributed by atoms with E-state index in [-0.39, 0.29) is 18.3 Å². The monoisotopic (exact) mass is 351 g/mol. The van der Waals surface area contributed by atoms with Crippen molar-refractivity contribution >= 4 is 27.9 Å². The first-order chi connectivity index (χ1) is 10.1. The van der Waals surface area contributed by atoms with Gasteiger partial charge in [0.2, 0.25) is 5.91 Å². The van der Waals surface area contributed by atoms with Crippen LogP contribution in [0, 0.1) is 5.82 Å². The fourth-order valence-corrected chi connectivity index (χ4v) is 2.27. The minimum atomic E-state index is -0.320. The molecule has 0 aliphatic rings. The van der Waals surface area contributed by atoms with Gasteiger partial charge in [-0.2, -0.15) is 0 Å². The minimum absolute atomic E-state index is 0.187. The van der Waals surface area contributed by atoms with Gasteiger partial charge in [-0.3, -0.25) is 4.79 Å². The van der Waals surface area contributed by atoms with Gasteiger partial charge in [-0.05, 0) is 43.3 Å². The Morgan fingerprint density at radius 3 is 2.90 bits per heavy atom. The van der Waals surface area contributed by atoms with E-state index in [0.29, 0.717) is 17.9 Å². The van der Waals surface area contributed by atoms with Crippen molar-refractivity contribution in [3.8, 4) is 0 Å². The normalized spacial score (nSPS) is 11.0. The highest BCUT2D eigenvalue weighted by Gasteiger charge is 2.12. The van der Waals surface area contributed by atoms with E-state index in [2.05, 4.69) is 15.9 Å². The van der Waals surface area contributed by atoms with Gasteiger partial charge >= 0.3 is 0 Å². The van der Waals surface area contributed by atoms with E-state index >= 15 is 0 Å². The maximum Gasteiger partial charge on any atom is 0.246 e. The molecule has 0 N–H and O–H groups in total. The lowest BCUT2D eigenvalue weighted by atomic mass is 10.2. The Morgan fingerprint density at radius 1 is 1.43 bits per heavy atom. The molecule has 1 amide bonds. The van der Waals surface area contributed by atoms with Gasteiger partial charge in [0.1, 0.15) is 11.6 Å². The lowest BCUT2D eigenvalue weighted by Gasteiger charge is -2.19. The largest absolute Gasteiger partial charge is 0.465 e. The first-order valence-electron chi connectivity index (χ1n) is 6.54. The van der Waals surface area contributed by atoms with E-state index in [0.717, 1.165) is 4.47 Å². The number of carbonyl (C=O) groups is 1. The minimum Gasteiger partial charge on any atom is -0.465 e. The van der Waals surface area contributed by atoms with Gasteiger partial charge in [0, 0.05) is 29.2 Å². The summed E-state index contributed by atoms with van der Waals surface area (Å²) in [5, 5.41) is 0. The zero-order chi connectivity index (χ0) is 15.2. The van der Waals surface area contributed by atoms with E-state index in [1.807, 2.05) is 6.92 Å². The molecular weight excluding hydrogens is 337 g/mol. The molecule has 21 heavy (non-hydrogen) atoms. The van der Waals surface area contributed by atoms with Gasteiger partial charge in [0.05, 0.1) is 6.26 Å². The highest BCUT2D eigenvalue weighted by molar-refractivity contribution is 9.10. The lowest BCUT2D eigenvalue weighted by Crippen LogP contribution is -2.29. The number of hydrogen-bond acceptors (Lipinski definition) is 2. The fraction of sp³-hybridized carbons (Fsp3) is 0.188. The molecule has 1 aromatic heterocycles. The third kappa shape index (κ3) is 4.29. The molecule has 0 fully saturated rings. The van der Waals surface area contributed by atoms with Crippen LogP contribution in [0.3, 0.4) is 0 Å². The van der Waals surface area contributed by atoms with Crippen molar-refractivity contribution in [1.82, 2.24) is 4.90 Å². The first-order valence-corrected chi connectivity index (χ1v) is 7.34. The highest BCUT2D eigenvalue weighted by Crippen LogP contribution is 2.17. The summed E-state index contributed by atoms with van der Waals surface area (Å²) in [4.78, 5) is 13.7. The van der Waals surface area contributed by atoms with Crippen LogP contribution in [0.4, 0.5) is 4.39 Å². The summed E-state index contributed by atoms with van der Waals surface area (Å²) in [7, 11) is 0. The van der Waals surface area contributed by atoms with Crippen molar-refractivity contribution in [2.75, 3.05) is 6.54 Å². The topological polar surface area (TPSA) is 33.5 Å². The van der Waals surface area contributed by atoms with E-state index in [1.54, 1.807) is 41.5 Å². The highest BCUT2D eigenvalue weighted by atomic mass is 79.9. The van der Waals surface area contributed by atoms with Crippen molar-refractivity contribution in [2.24, 2.45) is 0 Å². The number of benzene rings is 1. The third-order valence-corrected chi connectivity index (χ3v) is 3.49. The summed E-state index contributed by atoms with van der Waals surface area (Å²) in [6.45, 7) is 2.57. The maximum atomic E-state index is 13.7. The molecule has 0 aliphatic heterocycles. The molecule has 0 atom stereocenters. The third-order valence-electron chi connectivity index (χ3n) is 3.00. The Kier molecular flexibility index (Phi) is 5.33. The molecule has 0 spiro atoms. The van der Waals surface area contributed by atoms with E-state index < -0.39 is 0 Å². The average Bonchev–Trinajstić information content (AvgIpc) is 2.99. The molecule has 0 aliphatic carbocycles. The van der Waals surface area contributed by atoms with Gasteiger partial charge in [-0.1, -0.05) is 15.9 Å². The van der Waals surface area contributed by atoms with Gasteiger partial charge in [0.25, 0.3) is 0 Å². The number of halogens is 2. The number of furan rings is 1. The van der Waals surface area contributed by atoms with E-state index in [4.69, 9.17) is 4.42 Å². The number of likely N-dealkylation sites (N-methyl/N-ethyl adjacent to an activating group) is 1. The standard InChI is InChI=1S/C16H15BrFNO2/c1-2-19(11-12-10-13(17)5-7-15(12)18)16(20)8-6-14-4-3-9-21-14/h3-10H,2,11H2,1H3/b8-6-.